The minimum atomic E-state index is -4.06. The Morgan fingerprint density at radius 1 is 1.24 bits per heavy atom. The lowest BCUT2D eigenvalue weighted by molar-refractivity contribution is 0.0941. The number of sulfonamides is 1. The zero-order chi connectivity index (χ0) is 18.4. The summed E-state index contributed by atoms with van der Waals surface area (Å²) in [6, 6.07) is 12.2. The Balaban J connectivity index is 2.38. The van der Waals surface area contributed by atoms with Crippen molar-refractivity contribution in [3.05, 3.63) is 58.6 Å². The van der Waals surface area contributed by atoms with E-state index >= 15 is 0 Å². The molecule has 9 heteroatoms. The molecule has 2 aromatic carbocycles. The van der Waals surface area contributed by atoms with Crippen molar-refractivity contribution in [3.8, 4) is 0 Å². The normalized spacial score (nSPS) is 11.3. The van der Waals surface area contributed by atoms with Gasteiger partial charge in [0, 0.05) is 17.2 Å². The maximum atomic E-state index is 12.3. The van der Waals surface area contributed by atoms with E-state index in [2.05, 4.69) is 5.32 Å². The van der Waals surface area contributed by atoms with Gasteiger partial charge in [0.25, 0.3) is 5.91 Å². The topological polar surface area (TPSA) is 109 Å². The van der Waals surface area contributed by atoms with Gasteiger partial charge in [0.15, 0.2) is 0 Å². The highest BCUT2D eigenvalue weighted by atomic mass is 35.5. The van der Waals surface area contributed by atoms with Crippen molar-refractivity contribution in [2.24, 2.45) is 5.14 Å². The average Bonchev–Trinajstić information content (AvgIpc) is 2.57. The molecule has 134 valence electrons. The van der Waals surface area contributed by atoms with Crippen molar-refractivity contribution >= 4 is 39.3 Å². The zero-order valence-corrected chi connectivity index (χ0v) is 15.5. The second-order valence-electron chi connectivity index (χ2n) is 5.08. The first-order valence-corrected chi connectivity index (χ1v) is 10.2. The number of nitrogens with one attached hydrogen (secondary N) is 1. The maximum absolute atomic E-state index is 12.3. The van der Waals surface area contributed by atoms with Crippen molar-refractivity contribution in [1.82, 2.24) is 5.32 Å². The molecule has 0 saturated heterocycles. The largest absolute Gasteiger partial charge is 0.395 e. The Kier molecular flexibility index (Phi) is 6.86. The van der Waals surface area contributed by atoms with Crippen LogP contribution >= 0.6 is 23.4 Å². The highest BCUT2D eigenvalue weighted by Crippen LogP contribution is 2.33. The van der Waals surface area contributed by atoms with Crippen LogP contribution in [0.1, 0.15) is 15.9 Å². The summed E-state index contributed by atoms with van der Waals surface area (Å²) in [5.41, 5.74) is 1.18. The molecule has 0 fully saturated rings. The van der Waals surface area contributed by atoms with Gasteiger partial charge in [0.05, 0.1) is 17.2 Å². The van der Waals surface area contributed by atoms with E-state index in [-0.39, 0.29) is 28.6 Å². The number of benzene rings is 2. The number of aliphatic hydroxyl groups is 1. The number of thioether (sulfide) groups is 1. The predicted molar refractivity (Wildman–Crippen MR) is 98.2 cm³/mol. The minimum Gasteiger partial charge on any atom is -0.395 e. The van der Waals surface area contributed by atoms with Crippen LogP contribution in [0.25, 0.3) is 0 Å². The van der Waals surface area contributed by atoms with Crippen LogP contribution in [0.2, 0.25) is 5.02 Å². The molecule has 0 bridgehead atoms. The van der Waals surface area contributed by atoms with Gasteiger partial charge in [0.1, 0.15) is 4.90 Å². The predicted octanol–water partition coefficient (Wildman–Crippen LogP) is 2.00. The number of carbonyl (C=O) groups excluding carboxylic acids is 1. The first kappa shape index (κ1) is 19.7. The lowest BCUT2D eigenvalue weighted by Crippen LogP contribution is -2.27. The fourth-order valence-corrected chi connectivity index (χ4v) is 4.24. The van der Waals surface area contributed by atoms with Crippen LogP contribution in [-0.2, 0) is 15.8 Å². The number of aliphatic hydroxyl groups excluding tert-OH is 1. The third-order valence-electron chi connectivity index (χ3n) is 3.22. The van der Waals surface area contributed by atoms with E-state index in [1.807, 2.05) is 30.3 Å². The van der Waals surface area contributed by atoms with Crippen LogP contribution in [0.4, 0.5) is 0 Å². The Morgan fingerprint density at radius 2 is 1.92 bits per heavy atom. The summed E-state index contributed by atoms with van der Waals surface area (Å²) in [5.74, 6) is 0.0674. The summed E-state index contributed by atoms with van der Waals surface area (Å²) < 4.78 is 23.3. The molecular formula is C16H17ClN2O4S2. The molecule has 0 aliphatic carbocycles. The number of primary sulfonamides is 1. The SMILES string of the molecule is NS(=O)(=O)c1cc(C(=O)NCCO)c(SCc2ccccc2)cc1Cl. The van der Waals surface area contributed by atoms with E-state index in [1.165, 1.54) is 17.8 Å². The van der Waals surface area contributed by atoms with Crippen molar-refractivity contribution in [1.29, 1.82) is 0 Å². The fourth-order valence-electron chi connectivity index (χ4n) is 2.05. The van der Waals surface area contributed by atoms with Gasteiger partial charge in [-0.1, -0.05) is 41.9 Å². The van der Waals surface area contributed by atoms with Gasteiger partial charge in [-0.3, -0.25) is 4.79 Å². The second-order valence-corrected chi connectivity index (χ2v) is 8.03. The highest BCUT2D eigenvalue weighted by Gasteiger charge is 2.20. The molecule has 2 aromatic rings. The van der Waals surface area contributed by atoms with Crippen molar-refractivity contribution in [2.45, 2.75) is 15.5 Å². The van der Waals surface area contributed by atoms with E-state index < -0.39 is 15.9 Å². The molecule has 2 rings (SSSR count). The molecule has 0 radical (unpaired) electrons. The molecule has 25 heavy (non-hydrogen) atoms. The maximum Gasteiger partial charge on any atom is 0.252 e. The summed E-state index contributed by atoms with van der Waals surface area (Å²) in [6.07, 6.45) is 0. The summed E-state index contributed by atoms with van der Waals surface area (Å²) >= 11 is 7.38. The number of hydrogen-bond donors (Lipinski definition) is 3. The second kappa shape index (κ2) is 8.68. The first-order valence-electron chi connectivity index (χ1n) is 7.25. The Hall–Kier alpha value is -1.58. The monoisotopic (exact) mass is 400 g/mol. The van der Waals surface area contributed by atoms with Crippen LogP contribution in [0.3, 0.4) is 0 Å². The molecule has 0 spiro atoms. The van der Waals surface area contributed by atoms with Gasteiger partial charge in [-0.05, 0) is 17.7 Å². The molecule has 0 heterocycles. The van der Waals surface area contributed by atoms with Crippen LogP contribution in [0, 0.1) is 0 Å². The van der Waals surface area contributed by atoms with E-state index in [1.54, 1.807) is 0 Å². The summed E-state index contributed by atoms with van der Waals surface area (Å²) in [7, 11) is -4.06. The third kappa shape index (κ3) is 5.45. The number of halogens is 1. The quantitative estimate of drug-likeness (QED) is 0.616. The number of hydrogen-bond acceptors (Lipinski definition) is 5. The molecule has 0 aromatic heterocycles. The molecule has 0 unspecified atom stereocenters. The molecule has 4 N–H and O–H groups in total. The number of rotatable bonds is 7. The van der Waals surface area contributed by atoms with Gasteiger partial charge in [-0.2, -0.15) is 0 Å². The van der Waals surface area contributed by atoms with Crippen LogP contribution in [-0.4, -0.2) is 32.6 Å². The molecule has 0 saturated carbocycles. The Bertz CT molecular complexity index is 858. The number of amides is 1. The molecule has 0 aliphatic heterocycles. The summed E-state index contributed by atoms with van der Waals surface area (Å²) in [5, 5.41) is 16.5. The molecular weight excluding hydrogens is 384 g/mol. The van der Waals surface area contributed by atoms with Crippen molar-refractivity contribution < 1.29 is 18.3 Å². The van der Waals surface area contributed by atoms with Crippen LogP contribution in [0.15, 0.2) is 52.3 Å². The van der Waals surface area contributed by atoms with E-state index in [4.69, 9.17) is 21.8 Å². The van der Waals surface area contributed by atoms with Crippen LogP contribution < -0.4 is 10.5 Å². The van der Waals surface area contributed by atoms with Gasteiger partial charge < -0.3 is 10.4 Å². The summed E-state index contributed by atoms with van der Waals surface area (Å²) in [4.78, 5) is 12.5. The van der Waals surface area contributed by atoms with Gasteiger partial charge >= 0.3 is 0 Å². The van der Waals surface area contributed by atoms with Gasteiger partial charge in [0.2, 0.25) is 10.0 Å². The standard InChI is InChI=1S/C16H17ClN2O4S2/c17-13-9-14(24-10-11-4-2-1-3-5-11)12(16(21)19-6-7-20)8-15(13)25(18,22)23/h1-5,8-9,20H,6-7,10H2,(H,19,21)(H2,18,22,23). The number of carbonyl (C=O) groups is 1. The first-order chi connectivity index (χ1) is 11.8. The van der Waals surface area contributed by atoms with Gasteiger partial charge in [-0.15, -0.1) is 11.8 Å². The van der Waals surface area contributed by atoms with Gasteiger partial charge in [-0.25, -0.2) is 13.6 Å². The lowest BCUT2D eigenvalue weighted by atomic mass is 10.2. The fraction of sp³-hybridized carbons (Fsp3) is 0.188. The zero-order valence-electron chi connectivity index (χ0n) is 13.1. The van der Waals surface area contributed by atoms with Crippen molar-refractivity contribution in [2.75, 3.05) is 13.2 Å². The molecule has 0 atom stereocenters. The Labute approximate surface area is 155 Å². The van der Waals surface area contributed by atoms with E-state index in [0.717, 1.165) is 11.6 Å². The Morgan fingerprint density at radius 3 is 2.52 bits per heavy atom. The third-order valence-corrected chi connectivity index (χ3v) is 5.72. The summed E-state index contributed by atoms with van der Waals surface area (Å²) in [6.45, 7) is -0.178. The smallest absolute Gasteiger partial charge is 0.252 e. The van der Waals surface area contributed by atoms with Crippen LogP contribution in [0.5, 0.6) is 0 Å². The van der Waals surface area contributed by atoms with E-state index in [0.29, 0.717) is 10.6 Å². The lowest BCUT2D eigenvalue weighted by Gasteiger charge is -2.12. The van der Waals surface area contributed by atoms with Crippen molar-refractivity contribution in [3.63, 3.8) is 0 Å². The minimum absolute atomic E-state index is 0.0447. The van der Waals surface area contributed by atoms with E-state index in [9.17, 15) is 13.2 Å². The molecule has 6 nitrogen and oxygen atoms in total. The molecule has 0 aliphatic rings. The highest BCUT2D eigenvalue weighted by molar-refractivity contribution is 7.98. The number of nitrogens with two attached hydrogens (primary N) is 1. The average molecular weight is 401 g/mol. The molecule has 1 amide bonds.